The smallest absolute Gasteiger partial charge is 0.0626 e. The van der Waals surface area contributed by atoms with Crippen LogP contribution in [0.25, 0.3) is 0 Å². The molecule has 0 saturated carbocycles. The molecule has 3 nitrogen and oxygen atoms in total. The van der Waals surface area contributed by atoms with Gasteiger partial charge in [-0.15, -0.1) is 0 Å². The molecule has 2 saturated heterocycles. The second-order valence-corrected chi connectivity index (χ2v) is 4.19. The Hall–Kier alpha value is -0.120. The zero-order chi connectivity index (χ0) is 8.60. The summed E-state index contributed by atoms with van der Waals surface area (Å²) >= 11 is 0. The molecule has 0 aromatic carbocycles. The first-order valence-corrected chi connectivity index (χ1v) is 4.90. The SMILES string of the molecule is NC1(CO)CCCN2CCCC21. The molecule has 0 aromatic heterocycles. The molecule has 3 N–H and O–H groups in total. The van der Waals surface area contributed by atoms with Crippen molar-refractivity contribution in [1.29, 1.82) is 0 Å². The second-order valence-electron chi connectivity index (χ2n) is 4.19. The standard InChI is InChI=1S/C9H18N2O/c10-9(7-12)4-2-6-11-5-1-3-8(9)11/h8,12H,1-7,10H2. The van der Waals surface area contributed by atoms with Crippen molar-refractivity contribution in [3.8, 4) is 0 Å². The van der Waals surface area contributed by atoms with Gasteiger partial charge >= 0.3 is 0 Å². The molecule has 0 amide bonds. The molecule has 2 heterocycles. The van der Waals surface area contributed by atoms with Crippen LogP contribution in [0.15, 0.2) is 0 Å². The van der Waals surface area contributed by atoms with Crippen LogP contribution < -0.4 is 5.73 Å². The maximum atomic E-state index is 9.25. The van der Waals surface area contributed by atoms with Crippen molar-refractivity contribution < 1.29 is 5.11 Å². The van der Waals surface area contributed by atoms with Crippen molar-refractivity contribution in [3.63, 3.8) is 0 Å². The van der Waals surface area contributed by atoms with Crippen molar-refractivity contribution in [3.05, 3.63) is 0 Å². The highest BCUT2D eigenvalue weighted by atomic mass is 16.3. The largest absolute Gasteiger partial charge is 0.394 e. The topological polar surface area (TPSA) is 49.5 Å². The van der Waals surface area contributed by atoms with E-state index >= 15 is 0 Å². The van der Waals surface area contributed by atoms with Gasteiger partial charge in [-0.1, -0.05) is 0 Å². The summed E-state index contributed by atoms with van der Waals surface area (Å²) in [4.78, 5) is 2.44. The lowest BCUT2D eigenvalue weighted by Crippen LogP contribution is -2.61. The Morgan fingerprint density at radius 2 is 2.17 bits per heavy atom. The summed E-state index contributed by atoms with van der Waals surface area (Å²) in [6, 6.07) is 0.455. The third kappa shape index (κ3) is 1.16. The van der Waals surface area contributed by atoms with Crippen LogP contribution in [-0.2, 0) is 0 Å². The molecule has 2 rings (SSSR count). The van der Waals surface area contributed by atoms with E-state index in [4.69, 9.17) is 5.73 Å². The lowest BCUT2D eigenvalue weighted by Gasteiger charge is -2.43. The summed E-state index contributed by atoms with van der Waals surface area (Å²) in [5.74, 6) is 0. The first kappa shape index (κ1) is 8.48. The van der Waals surface area contributed by atoms with Crippen LogP contribution in [0.4, 0.5) is 0 Å². The van der Waals surface area contributed by atoms with Gasteiger partial charge in [-0.3, -0.25) is 4.90 Å². The molecule has 0 aromatic rings. The Kier molecular flexibility index (Phi) is 2.10. The fourth-order valence-electron chi connectivity index (χ4n) is 2.71. The summed E-state index contributed by atoms with van der Waals surface area (Å²) in [5, 5.41) is 9.25. The van der Waals surface area contributed by atoms with E-state index in [-0.39, 0.29) is 12.1 Å². The Morgan fingerprint density at radius 1 is 1.42 bits per heavy atom. The number of hydrogen-bond donors (Lipinski definition) is 2. The van der Waals surface area contributed by atoms with Gasteiger partial charge in [0.15, 0.2) is 0 Å². The van der Waals surface area contributed by atoms with E-state index in [1.54, 1.807) is 0 Å². The lowest BCUT2D eigenvalue weighted by atomic mass is 9.82. The number of piperidine rings is 1. The van der Waals surface area contributed by atoms with Crippen LogP contribution in [0, 0.1) is 0 Å². The van der Waals surface area contributed by atoms with E-state index in [9.17, 15) is 5.11 Å². The van der Waals surface area contributed by atoms with E-state index < -0.39 is 0 Å². The van der Waals surface area contributed by atoms with Crippen molar-refractivity contribution in [2.24, 2.45) is 5.73 Å². The van der Waals surface area contributed by atoms with Gasteiger partial charge in [-0.05, 0) is 38.8 Å². The number of aliphatic hydroxyl groups is 1. The van der Waals surface area contributed by atoms with Gasteiger partial charge in [0.2, 0.25) is 0 Å². The molecule has 12 heavy (non-hydrogen) atoms. The molecule has 0 spiro atoms. The first-order valence-electron chi connectivity index (χ1n) is 4.90. The van der Waals surface area contributed by atoms with E-state index in [1.165, 1.54) is 25.9 Å². The summed E-state index contributed by atoms with van der Waals surface area (Å²) in [6.07, 6.45) is 4.57. The van der Waals surface area contributed by atoms with Crippen LogP contribution in [0.5, 0.6) is 0 Å². The number of rotatable bonds is 1. The predicted molar refractivity (Wildman–Crippen MR) is 47.8 cm³/mol. The van der Waals surface area contributed by atoms with Gasteiger partial charge < -0.3 is 10.8 Å². The average molecular weight is 170 g/mol. The molecular formula is C9H18N2O. The molecule has 2 unspecified atom stereocenters. The van der Waals surface area contributed by atoms with Crippen LogP contribution >= 0.6 is 0 Å². The maximum Gasteiger partial charge on any atom is 0.0626 e. The van der Waals surface area contributed by atoms with Crippen molar-refractivity contribution >= 4 is 0 Å². The van der Waals surface area contributed by atoms with Gasteiger partial charge in [-0.25, -0.2) is 0 Å². The van der Waals surface area contributed by atoms with Crippen molar-refractivity contribution in [2.75, 3.05) is 19.7 Å². The maximum absolute atomic E-state index is 9.25. The van der Waals surface area contributed by atoms with Crippen molar-refractivity contribution in [1.82, 2.24) is 4.90 Å². The number of nitrogens with zero attached hydrogens (tertiary/aromatic N) is 1. The lowest BCUT2D eigenvalue weighted by molar-refractivity contribution is 0.0585. The average Bonchev–Trinajstić information content (AvgIpc) is 2.54. The van der Waals surface area contributed by atoms with Crippen molar-refractivity contribution in [2.45, 2.75) is 37.3 Å². The number of nitrogens with two attached hydrogens (primary N) is 1. The number of aliphatic hydroxyl groups excluding tert-OH is 1. The molecule has 2 fully saturated rings. The van der Waals surface area contributed by atoms with Gasteiger partial charge in [-0.2, -0.15) is 0 Å². The van der Waals surface area contributed by atoms with Gasteiger partial charge in [0, 0.05) is 6.04 Å². The summed E-state index contributed by atoms with van der Waals surface area (Å²) in [5.41, 5.74) is 5.85. The van der Waals surface area contributed by atoms with Crippen LogP contribution in [0.1, 0.15) is 25.7 Å². The quantitative estimate of drug-likeness (QED) is 0.579. The molecule has 2 atom stereocenters. The fourth-order valence-corrected chi connectivity index (χ4v) is 2.71. The molecule has 0 bridgehead atoms. The number of hydrogen-bond acceptors (Lipinski definition) is 3. The summed E-state index contributed by atoms with van der Waals surface area (Å²) in [6.45, 7) is 2.52. The molecule has 70 valence electrons. The van der Waals surface area contributed by atoms with Crippen LogP contribution in [0.2, 0.25) is 0 Å². The normalized spacial score (nSPS) is 43.0. The molecular weight excluding hydrogens is 152 g/mol. The highest BCUT2D eigenvalue weighted by Crippen LogP contribution is 2.32. The molecule has 3 heteroatoms. The monoisotopic (exact) mass is 170 g/mol. The third-order valence-electron chi connectivity index (χ3n) is 3.41. The Labute approximate surface area is 73.5 Å². The minimum Gasteiger partial charge on any atom is -0.394 e. The fraction of sp³-hybridized carbons (Fsp3) is 1.00. The summed E-state index contributed by atoms with van der Waals surface area (Å²) in [7, 11) is 0. The van der Waals surface area contributed by atoms with Gasteiger partial charge in [0.25, 0.3) is 0 Å². The minimum absolute atomic E-state index is 0.147. The van der Waals surface area contributed by atoms with E-state index in [0.717, 1.165) is 12.8 Å². The first-order chi connectivity index (χ1) is 5.76. The highest BCUT2D eigenvalue weighted by molar-refractivity contribution is 5.02. The summed E-state index contributed by atoms with van der Waals surface area (Å²) < 4.78 is 0. The van der Waals surface area contributed by atoms with Crippen LogP contribution in [-0.4, -0.2) is 41.3 Å². The van der Waals surface area contributed by atoms with E-state index in [1.807, 2.05) is 0 Å². The number of fused-ring (bicyclic) bond motifs is 1. The molecule has 2 aliphatic heterocycles. The molecule has 0 radical (unpaired) electrons. The van der Waals surface area contributed by atoms with E-state index in [0.29, 0.717) is 6.04 Å². The molecule has 2 aliphatic rings. The Balaban J connectivity index is 2.13. The second kappa shape index (κ2) is 2.98. The van der Waals surface area contributed by atoms with E-state index in [2.05, 4.69) is 4.90 Å². The van der Waals surface area contributed by atoms with Gasteiger partial charge in [0.05, 0.1) is 12.1 Å². The zero-order valence-corrected chi connectivity index (χ0v) is 7.50. The van der Waals surface area contributed by atoms with Gasteiger partial charge in [0.1, 0.15) is 0 Å². The Bertz CT molecular complexity index is 174. The molecule has 0 aliphatic carbocycles. The van der Waals surface area contributed by atoms with Crippen LogP contribution in [0.3, 0.4) is 0 Å². The minimum atomic E-state index is -0.297. The zero-order valence-electron chi connectivity index (χ0n) is 7.50. The predicted octanol–water partition coefficient (Wildman–Crippen LogP) is -0.0656. The third-order valence-corrected chi connectivity index (χ3v) is 3.41. The Morgan fingerprint density at radius 3 is 2.92 bits per heavy atom. The highest BCUT2D eigenvalue weighted by Gasteiger charge is 2.43.